The quantitative estimate of drug-likeness (QED) is 0.231. The van der Waals surface area contributed by atoms with Crippen LogP contribution in [0.5, 0.6) is 17.2 Å². The number of allylic oxidation sites excluding steroid dienone is 1. The molecular weight excluding hydrogens is 418 g/mol. The van der Waals surface area contributed by atoms with E-state index in [9.17, 15) is 4.79 Å². The van der Waals surface area contributed by atoms with Crippen molar-refractivity contribution in [2.24, 2.45) is 0 Å². The van der Waals surface area contributed by atoms with Gasteiger partial charge in [0.25, 0.3) is 0 Å². The highest BCUT2D eigenvalue weighted by atomic mass is 16.5. The molecule has 0 aliphatic carbocycles. The molecule has 4 rings (SSSR count). The number of fused-ring (bicyclic) bond motifs is 1. The Bertz CT molecular complexity index is 1250. The number of carbonyl (C=O) groups is 1. The summed E-state index contributed by atoms with van der Waals surface area (Å²) in [6.45, 7) is 2.67. The third-order valence-corrected chi connectivity index (χ3v) is 5.09. The van der Waals surface area contributed by atoms with Crippen LogP contribution in [0.3, 0.4) is 0 Å². The molecule has 6 nitrogen and oxygen atoms in total. The molecule has 33 heavy (non-hydrogen) atoms. The fourth-order valence-electron chi connectivity index (χ4n) is 3.40. The van der Waals surface area contributed by atoms with E-state index in [4.69, 9.17) is 18.6 Å². The number of rotatable bonds is 9. The monoisotopic (exact) mass is 443 g/mol. The molecule has 6 heteroatoms. The maximum atomic E-state index is 13.6. The molecule has 0 amide bonds. The molecule has 0 atom stereocenters. The van der Waals surface area contributed by atoms with Gasteiger partial charge in [-0.2, -0.15) is 0 Å². The van der Waals surface area contributed by atoms with Gasteiger partial charge in [-0.3, -0.25) is 4.79 Å². The summed E-state index contributed by atoms with van der Waals surface area (Å²) in [5.41, 5.74) is 2.75. The van der Waals surface area contributed by atoms with Gasteiger partial charge in [-0.15, -0.1) is 0 Å². The van der Waals surface area contributed by atoms with Crippen LogP contribution in [0.15, 0.2) is 71.1 Å². The third kappa shape index (κ3) is 4.90. The summed E-state index contributed by atoms with van der Waals surface area (Å²) in [7, 11) is 3.17. The van der Waals surface area contributed by atoms with E-state index in [1.165, 1.54) is 0 Å². The highest BCUT2D eigenvalue weighted by Crippen LogP contribution is 2.31. The van der Waals surface area contributed by atoms with Gasteiger partial charge in [0.2, 0.25) is 5.89 Å². The van der Waals surface area contributed by atoms with Gasteiger partial charge in [0.1, 0.15) is 22.8 Å². The molecule has 168 valence electrons. The first-order valence-electron chi connectivity index (χ1n) is 10.7. The molecule has 0 aliphatic rings. The van der Waals surface area contributed by atoms with E-state index in [-0.39, 0.29) is 11.7 Å². The lowest BCUT2D eigenvalue weighted by Gasteiger charge is -2.10. The molecule has 0 radical (unpaired) electrons. The summed E-state index contributed by atoms with van der Waals surface area (Å²) < 4.78 is 22.5. The van der Waals surface area contributed by atoms with Crippen LogP contribution in [0.1, 0.15) is 35.2 Å². The third-order valence-electron chi connectivity index (χ3n) is 5.09. The number of aromatic nitrogens is 1. The van der Waals surface area contributed by atoms with Crippen molar-refractivity contribution in [2.75, 3.05) is 20.8 Å². The van der Waals surface area contributed by atoms with Crippen molar-refractivity contribution in [2.45, 2.75) is 13.3 Å². The minimum absolute atomic E-state index is 0.228. The van der Waals surface area contributed by atoms with Crippen molar-refractivity contribution < 1.29 is 23.4 Å². The van der Waals surface area contributed by atoms with E-state index in [1.54, 1.807) is 62.8 Å². The molecule has 0 saturated carbocycles. The molecule has 0 fully saturated rings. The first kappa shape index (κ1) is 22.1. The van der Waals surface area contributed by atoms with Crippen molar-refractivity contribution in [3.8, 4) is 17.2 Å². The molecule has 0 aliphatic heterocycles. The topological polar surface area (TPSA) is 70.8 Å². The fourth-order valence-corrected chi connectivity index (χ4v) is 3.40. The lowest BCUT2D eigenvalue weighted by molar-refractivity contribution is 0.105. The van der Waals surface area contributed by atoms with Crippen LogP contribution in [0.2, 0.25) is 0 Å². The summed E-state index contributed by atoms with van der Waals surface area (Å²) in [5.74, 6) is 1.96. The van der Waals surface area contributed by atoms with E-state index < -0.39 is 0 Å². The van der Waals surface area contributed by atoms with Crippen LogP contribution in [0.25, 0.3) is 22.7 Å². The van der Waals surface area contributed by atoms with Crippen LogP contribution in [-0.2, 0) is 0 Å². The van der Waals surface area contributed by atoms with Gasteiger partial charge in [0.15, 0.2) is 11.4 Å². The standard InChI is InChI=1S/C27H25NO5/c1-4-15-32-20-11-9-18(10-12-20)26(29)22(27-28-23-7-5-6-8-25(23)33-27)17-19-16-21(30-2)13-14-24(19)31-3/h5-14,16-17H,4,15H2,1-3H3. The van der Waals surface area contributed by atoms with Gasteiger partial charge < -0.3 is 18.6 Å². The predicted octanol–water partition coefficient (Wildman–Crippen LogP) is 6.06. The Balaban J connectivity index is 1.81. The summed E-state index contributed by atoms with van der Waals surface area (Å²) in [6.07, 6.45) is 2.63. The molecular formula is C27H25NO5. The Morgan fingerprint density at radius 3 is 2.42 bits per heavy atom. The zero-order chi connectivity index (χ0) is 23.2. The van der Waals surface area contributed by atoms with E-state index in [1.807, 2.05) is 31.2 Å². The number of hydrogen-bond donors (Lipinski definition) is 0. The highest BCUT2D eigenvalue weighted by molar-refractivity contribution is 6.31. The molecule has 1 heterocycles. The SMILES string of the molecule is CCCOc1ccc(C(=O)C(=Cc2cc(OC)ccc2OC)c2nc3ccccc3o2)cc1. The van der Waals surface area contributed by atoms with Crippen LogP contribution < -0.4 is 14.2 Å². The molecule has 0 bridgehead atoms. The van der Waals surface area contributed by atoms with E-state index in [2.05, 4.69) is 4.98 Å². The zero-order valence-electron chi connectivity index (χ0n) is 18.8. The Hall–Kier alpha value is -4.06. The molecule has 0 saturated heterocycles. The van der Waals surface area contributed by atoms with Crippen molar-refractivity contribution in [3.05, 3.63) is 83.7 Å². The van der Waals surface area contributed by atoms with Crippen LogP contribution in [0, 0.1) is 0 Å². The Kier molecular flexibility index (Phi) is 6.74. The number of para-hydroxylation sites is 2. The van der Waals surface area contributed by atoms with Crippen molar-refractivity contribution in [1.82, 2.24) is 4.98 Å². The second-order valence-corrected chi connectivity index (χ2v) is 7.35. The fraction of sp³-hybridized carbons (Fsp3) is 0.185. The van der Waals surface area contributed by atoms with Gasteiger partial charge in [-0.1, -0.05) is 19.1 Å². The number of ether oxygens (including phenoxy) is 3. The van der Waals surface area contributed by atoms with Gasteiger partial charge >= 0.3 is 0 Å². The predicted molar refractivity (Wildman–Crippen MR) is 128 cm³/mol. The minimum Gasteiger partial charge on any atom is -0.497 e. The largest absolute Gasteiger partial charge is 0.497 e. The number of Topliss-reactive ketones (excluding diaryl/α,β-unsaturated/α-hetero) is 1. The Morgan fingerprint density at radius 2 is 1.73 bits per heavy atom. The number of carbonyl (C=O) groups excluding carboxylic acids is 1. The van der Waals surface area contributed by atoms with Gasteiger partial charge in [-0.05, 0) is 67.1 Å². The second kappa shape index (κ2) is 10.0. The van der Waals surface area contributed by atoms with Gasteiger partial charge in [0, 0.05) is 11.1 Å². The number of ketones is 1. The van der Waals surface area contributed by atoms with Crippen LogP contribution in [-0.4, -0.2) is 31.6 Å². The molecule has 1 aromatic heterocycles. The molecule has 0 unspecified atom stereocenters. The van der Waals surface area contributed by atoms with Crippen LogP contribution in [0.4, 0.5) is 0 Å². The summed E-state index contributed by atoms with van der Waals surface area (Å²) in [5, 5.41) is 0. The van der Waals surface area contributed by atoms with Crippen molar-refractivity contribution in [1.29, 1.82) is 0 Å². The number of benzene rings is 3. The number of hydrogen-bond acceptors (Lipinski definition) is 6. The number of nitrogens with zero attached hydrogens (tertiary/aromatic N) is 1. The summed E-state index contributed by atoms with van der Waals surface area (Å²) in [6, 6.07) is 19.9. The second-order valence-electron chi connectivity index (χ2n) is 7.35. The highest BCUT2D eigenvalue weighted by Gasteiger charge is 2.21. The lowest BCUT2D eigenvalue weighted by Crippen LogP contribution is -2.04. The maximum Gasteiger partial charge on any atom is 0.231 e. The molecule has 0 N–H and O–H groups in total. The molecule has 4 aromatic rings. The minimum atomic E-state index is -0.228. The number of methoxy groups -OCH3 is 2. The smallest absolute Gasteiger partial charge is 0.231 e. The van der Waals surface area contributed by atoms with E-state index in [0.29, 0.717) is 45.9 Å². The number of oxazole rings is 1. The summed E-state index contributed by atoms with van der Waals surface area (Å²) in [4.78, 5) is 18.2. The maximum absolute atomic E-state index is 13.6. The van der Waals surface area contributed by atoms with Crippen molar-refractivity contribution in [3.63, 3.8) is 0 Å². The van der Waals surface area contributed by atoms with Crippen LogP contribution >= 0.6 is 0 Å². The average molecular weight is 443 g/mol. The normalized spacial score (nSPS) is 11.4. The summed E-state index contributed by atoms with van der Waals surface area (Å²) >= 11 is 0. The first-order chi connectivity index (χ1) is 16.1. The van der Waals surface area contributed by atoms with Gasteiger partial charge in [-0.25, -0.2) is 4.98 Å². The Morgan fingerprint density at radius 1 is 0.970 bits per heavy atom. The first-order valence-corrected chi connectivity index (χ1v) is 10.7. The average Bonchev–Trinajstić information content (AvgIpc) is 3.29. The van der Waals surface area contributed by atoms with E-state index >= 15 is 0 Å². The Labute approximate surface area is 192 Å². The van der Waals surface area contributed by atoms with E-state index in [0.717, 1.165) is 12.2 Å². The zero-order valence-corrected chi connectivity index (χ0v) is 18.8. The lowest BCUT2D eigenvalue weighted by atomic mass is 10.00. The molecule has 3 aromatic carbocycles. The van der Waals surface area contributed by atoms with Gasteiger partial charge in [0.05, 0.1) is 26.4 Å². The van der Waals surface area contributed by atoms with Crippen molar-refractivity contribution >= 4 is 28.5 Å². The molecule has 0 spiro atoms.